The molecule has 0 aliphatic heterocycles. The first-order chi connectivity index (χ1) is 14.1. The number of methoxy groups -OCH3 is 1. The largest absolute Gasteiger partial charge is 0.495 e. The summed E-state index contributed by atoms with van der Waals surface area (Å²) >= 11 is 11.5. The van der Waals surface area contributed by atoms with Crippen molar-refractivity contribution >= 4 is 55.8 Å². The van der Waals surface area contributed by atoms with E-state index in [4.69, 9.17) is 32.1 Å². The van der Waals surface area contributed by atoms with Gasteiger partial charge in [0.15, 0.2) is 11.1 Å². The van der Waals surface area contributed by atoms with E-state index in [-0.39, 0.29) is 0 Å². The predicted molar refractivity (Wildman–Crippen MR) is 121 cm³/mol. The van der Waals surface area contributed by atoms with Crippen LogP contribution in [-0.4, -0.2) is 17.9 Å². The molecule has 0 heterocycles. The zero-order valence-electron chi connectivity index (χ0n) is 15.9. The van der Waals surface area contributed by atoms with Crippen molar-refractivity contribution < 1.29 is 13.1 Å². The minimum absolute atomic E-state index is 0.294. The Labute approximate surface area is 181 Å². The van der Waals surface area contributed by atoms with Crippen molar-refractivity contribution in [1.29, 1.82) is 0 Å². The fourth-order valence-electron chi connectivity index (χ4n) is 3.61. The molecule has 0 radical (unpaired) electrons. The monoisotopic (exact) mass is 444 g/mol. The molecule has 0 fully saturated rings. The smallest absolute Gasteiger partial charge is 0.191 e. The van der Waals surface area contributed by atoms with Gasteiger partial charge < -0.3 is 4.74 Å². The summed E-state index contributed by atoms with van der Waals surface area (Å²) in [6, 6.07) is 19.4. The highest BCUT2D eigenvalue weighted by molar-refractivity contribution is 7.80. The second-order valence-corrected chi connectivity index (χ2v) is 8.34. The lowest BCUT2D eigenvalue weighted by atomic mass is 9.93. The molecule has 0 aliphatic rings. The fourth-order valence-corrected chi connectivity index (χ4v) is 5.23. The van der Waals surface area contributed by atoms with Crippen LogP contribution in [0.4, 0.5) is 0 Å². The van der Waals surface area contributed by atoms with E-state index in [9.17, 15) is 4.21 Å². The van der Waals surface area contributed by atoms with Crippen molar-refractivity contribution in [3.05, 3.63) is 70.7 Å². The number of ether oxygens (including phenoxy) is 1. The topological polar surface area (TPSA) is 35.5 Å². The number of hydrogen-bond donors (Lipinski definition) is 0. The molecule has 0 amide bonds. The first-order valence-corrected chi connectivity index (χ1v) is 10.9. The van der Waals surface area contributed by atoms with Gasteiger partial charge in [-0.25, -0.2) is 4.21 Å². The lowest BCUT2D eigenvalue weighted by Gasteiger charge is -2.19. The van der Waals surface area contributed by atoms with Crippen LogP contribution in [0.1, 0.15) is 6.92 Å². The third-order valence-electron chi connectivity index (χ3n) is 4.76. The van der Waals surface area contributed by atoms with Crippen LogP contribution in [0.2, 0.25) is 10.0 Å². The lowest BCUT2D eigenvalue weighted by Crippen LogP contribution is -2.03. The van der Waals surface area contributed by atoms with Gasteiger partial charge in [-0.15, -0.1) is 0 Å². The van der Waals surface area contributed by atoms with Crippen molar-refractivity contribution in [1.82, 2.24) is 0 Å². The van der Waals surface area contributed by atoms with Gasteiger partial charge in [0.1, 0.15) is 5.75 Å². The normalized spacial score (nSPS) is 12.4. The summed E-state index contributed by atoms with van der Waals surface area (Å²) in [4.78, 5) is 0.415. The molecule has 0 N–H and O–H groups in total. The SMILES string of the molecule is CCOS(=O)c1c(Cl)cc2ccccc2c1-c1c(OC)c(Cl)cc2ccccc12. The van der Waals surface area contributed by atoms with Gasteiger partial charge in [0, 0.05) is 11.1 Å². The number of fused-ring (bicyclic) bond motifs is 2. The molecule has 0 saturated carbocycles. The summed E-state index contributed by atoms with van der Waals surface area (Å²) in [5.74, 6) is 0.507. The van der Waals surface area contributed by atoms with Crippen molar-refractivity contribution in [3.63, 3.8) is 0 Å². The molecule has 29 heavy (non-hydrogen) atoms. The molecule has 4 aromatic carbocycles. The predicted octanol–water partition coefficient (Wildman–Crippen LogP) is 7.03. The molecule has 0 saturated heterocycles. The van der Waals surface area contributed by atoms with Crippen molar-refractivity contribution in [3.8, 4) is 16.9 Å². The zero-order chi connectivity index (χ0) is 20.5. The van der Waals surface area contributed by atoms with Crippen molar-refractivity contribution in [2.45, 2.75) is 11.8 Å². The van der Waals surface area contributed by atoms with Crippen LogP contribution in [0.5, 0.6) is 5.75 Å². The van der Waals surface area contributed by atoms with Gasteiger partial charge >= 0.3 is 0 Å². The summed E-state index contributed by atoms with van der Waals surface area (Å²) in [6.45, 7) is 2.09. The molecule has 1 atom stereocenters. The van der Waals surface area contributed by atoms with E-state index in [1.807, 2.05) is 60.7 Å². The average Bonchev–Trinajstić information content (AvgIpc) is 2.72. The van der Waals surface area contributed by atoms with Gasteiger partial charge in [-0.05, 0) is 40.6 Å². The van der Waals surface area contributed by atoms with Crippen molar-refractivity contribution in [2.24, 2.45) is 0 Å². The Hall–Kier alpha value is -2.11. The number of hydrogen-bond acceptors (Lipinski definition) is 3. The molecule has 6 heteroatoms. The standard InChI is InChI=1S/C23H18Cl2O3S/c1-3-28-29(26)23-19(25)13-15-9-5-7-11-17(15)21(23)20-16-10-6-4-8-14(16)12-18(24)22(20)27-2/h4-13H,3H2,1-2H3. The summed E-state index contributed by atoms with van der Waals surface area (Å²) in [6.07, 6.45) is 0. The molecular formula is C23H18Cl2O3S. The van der Waals surface area contributed by atoms with E-state index in [0.29, 0.717) is 32.9 Å². The second kappa shape index (κ2) is 8.33. The Morgan fingerprint density at radius 3 is 2.00 bits per heavy atom. The molecule has 4 aromatic rings. The lowest BCUT2D eigenvalue weighted by molar-refractivity contribution is 0.372. The molecule has 0 bridgehead atoms. The van der Waals surface area contributed by atoms with Crippen LogP contribution in [0.15, 0.2) is 65.6 Å². The van der Waals surface area contributed by atoms with E-state index in [0.717, 1.165) is 27.1 Å². The van der Waals surface area contributed by atoms with Crippen LogP contribution >= 0.6 is 23.2 Å². The Balaban J connectivity index is 2.25. The van der Waals surface area contributed by atoms with Crippen LogP contribution in [0.25, 0.3) is 32.7 Å². The molecule has 0 aromatic heterocycles. The van der Waals surface area contributed by atoms with Gasteiger partial charge in [-0.3, -0.25) is 4.18 Å². The zero-order valence-corrected chi connectivity index (χ0v) is 18.2. The third kappa shape index (κ3) is 3.51. The van der Waals surface area contributed by atoms with Gasteiger partial charge in [-0.1, -0.05) is 71.7 Å². The summed E-state index contributed by atoms with van der Waals surface area (Å²) in [5.41, 5.74) is 1.45. The van der Waals surface area contributed by atoms with E-state index in [1.54, 1.807) is 14.0 Å². The maximum atomic E-state index is 13.1. The number of rotatable bonds is 5. The maximum absolute atomic E-state index is 13.1. The van der Waals surface area contributed by atoms with E-state index in [2.05, 4.69) is 0 Å². The van der Waals surface area contributed by atoms with Gasteiger partial charge in [0.05, 0.1) is 28.7 Å². The van der Waals surface area contributed by atoms with Gasteiger partial charge in [0.2, 0.25) is 0 Å². The highest BCUT2D eigenvalue weighted by Gasteiger charge is 2.25. The molecule has 1 unspecified atom stereocenters. The number of benzene rings is 4. The first kappa shape index (κ1) is 20.2. The third-order valence-corrected chi connectivity index (χ3v) is 6.66. The maximum Gasteiger partial charge on any atom is 0.191 e. The molecular weight excluding hydrogens is 427 g/mol. The quantitative estimate of drug-likeness (QED) is 0.331. The average molecular weight is 445 g/mol. The minimum Gasteiger partial charge on any atom is -0.495 e. The first-order valence-electron chi connectivity index (χ1n) is 9.08. The second-order valence-electron chi connectivity index (χ2n) is 6.41. The van der Waals surface area contributed by atoms with E-state index in [1.165, 1.54) is 0 Å². The summed E-state index contributed by atoms with van der Waals surface area (Å²) < 4.78 is 24.2. The molecule has 0 aliphatic carbocycles. The highest BCUT2D eigenvalue weighted by Crippen LogP contribution is 2.48. The Morgan fingerprint density at radius 1 is 0.862 bits per heavy atom. The summed E-state index contributed by atoms with van der Waals surface area (Å²) in [5, 5.41) is 4.54. The van der Waals surface area contributed by atoms with Crippen molar-refractivity contribution in [2.75, 3.05) is 13.7 Å². The van der Waals surface area contributed by atoms with Gasteiger partial charge in [-0.2, -0.15) is 0 Å². The van der Waals surface area contributed by atoms with Crippen LogP contribution in [-0.2, 0) is 15.3 Å². The van der Waals surface area contributed by atoms with E-state index < -0.39 is 11.1 Å². The minimum atomic E-state index is -1.75. The molecule has 3 nitrogen and oxygen atoms in total. The number of halogens is 2. The Bertz CT molecular complexity index is 1250. The Kier molecular flexibility index (Phi) is 5.79. The Morgan fingerprint density at radius 2 is 1.41 bits per heavy atom. The highest BCUT2D eigenvalue weighted by atomic mass is 35.5. The van der Waals surface area contributed by atoms with Crippen LogP contribution < -0.4 is 4.74 Å². The molecule has 4 rings (SSSR count). The molecule has 0 spiro atoms. The van der Waals surface area contributed by atoms with Crippen LogP contribution in [0.3, 0.4) is 0 Å². The van der Waals surface area contributed by atoms with Crippen LogP contribution in [0, 0.1) is 0 Å². The van der Waals surface area contributed by atoms with Gasteiger partial charge in [0.25, 0.3) is 0 Å². The fraction of sp³-hybridized carbons (Fsp3) is 0.130. The molecule has 148 valence electrons. The summed E-state index contributed by atoms with van der Waals surface area (Å²) in [7, 11) is 1.57. The van der Waals surface area contributed by atoms with E-state index >= 15 is 0 Å².